The molecule has 0 amide bonds. The number of hydrogen-bond donors (Lipinski definition) is 0. The van der Waals surface area contributed by atoms with E-state index in [-0.39, 0.29) is 0 Å². The van der Waals surface area contributed by atoms with Crippen molar-refractivity contribution in [2.24, 2.45) is 4.40 Å². The Morgan fingerprint density at radius 2 is 2.00 bits per heavy atom. The standard InChI is InChI=1S/C10H12N2O2S/c1-3-12(2)10-8-6-4-5-7-9(8)15(13,14)11-10/h4-7H,3H2,1-2H3. The molecule has 1 heterocycles. The molecule has 5 heteroatoms. The van der Waals surface area contributed by atoms with E-state index in [1.165, 1.54) is 0 Å². The van der Waals surface area contributed by atoms with Crippen LogP contribution >= 0.6 is 0 Å². The van der Waals surface area contributed by atoms with Crippen LogP contribution in [0.15, 0.2) is 33.6 Å². The number of sulfonamides is 1. The summed E-state index contributed by atoms with van der Waals surface area (Å²) in [7, 11) is -1.63. The molecule has 0 bridgehead atoms. The Hall–Kier alpha value is -1.36. The van der Waals surface area contributed by atoms with E-state index in [0.717, 1.165) is 6.54 Å². The average molecular weight is 224 g/mol. The summed E-state index contributed by atoms with van der Waals surface area (Å²) in [4.78, 5) is 2.13. The fourth-order valence-electron chi connectivity index (χ4n) is 1.51. The van der Waals surface area contributed by atoms with Gasteiger partial charge in [-0.2, -0.15) is 8.42 Å². The first-order valence-electron chi connectivity index (χ1n) is 4.72. The van der Waals surface area contributed by atoms with Gasteiger partial charge in [-0.05, 0) is 19.1 Å². The summed E-state index contributed by atoms with van der Waals surface area (Å²) in [5.74, 6) is 0.535. The molecule has 1 aliphatic rings. The molecular formula is C10H12N2O2S. The van der Waals surface area contributed by atoms with Crippen molar-refractivity contribution < 1.29 is 8.42 Å². The van der Waals surface area contributed by atoms with Gasteiger partial charge in [0.15, 0.2) is 0 Å². The van der Waals surface area contributed by atoms with Crippen molar-refractivity contribution in [3.05, 3.63) is 29.8 Å². The lowest BCUT2D eigenvalue weighted by Gasteiger charge is -2.15. The molecule has 0 aliphatic carbocycles. The molecule has 4 nitrogen and oxygen atoms in total. The van der Waals surface area contributed by atoms with E-state index in [1.54, 1.807) is 18.2 Å². The highest BCUT2D eigenvalue weighted by Crippen LogP contribution is 2.26. The maximum Gasteiger partial charge on any atom is 0.285 e. The fraction of sp³-hybridized carbons (Fsp3) is 0.300. The van der Waals surface area contributed by atoms with Crippen LogP contribution in [0.25, 0.3) is 0 Å². The maximum atomic E-state index is 11.7. The van der Waals surface area contributed by atoms with E-state index in [9.17, 15) is 8.42 Å². The van der Waals surface area contributed by atoms with Crippen LogP contribution in [0.4, 0.5) is 0 Å². The van der Waals surface area contributed by atoms with Gasteiger partial charge in [0.05, 0.1) is 0 Å². The number of nitrogens with zero attached hydrogens (tertiary/aromatic N) is 2. The van der Waals surface area contributed by atoms with Crippen LogP contribution in [0.3, 0.4) is 0 Å². The smallest absolute Gasteiger partial charge is 0.285 e. The maximum absolute atomic E-state index is 11.7. The molecular weight excluding hydrogens is 212 g/mol. The molecule has 80 valence electrons. The van der Waals surface area contributed by atoms with Crippen LogP contribution in [0.1, 0.15) is 12.5 Å². The molecule has 15 heavy (non-hydrogen) atoms. The molecule has 1 aromatic carbocycles. The second-order valence-corrected chi connectivity index (χ2v) is 4.97. The molecule has 0 saturated carbocycles. The van der Waals surface area contributed by atoms with Crippen molar-refractivity contribution in [3.63, 3.8) is 0 Å². The van der Waals surface area contributed by atoms with E-state index in [1.807, 2.05) is 24.9 Å². The summed E-state index contributed by atoms with van der Waals surface area (Å²) in [6.07, 6.45) is 0. The van der Waals surface area contributed by atoms with E-state index < -0.39 is 10.0 Å². The van der Waals surface area contributed by atoms with Gasteiger partial charge in [0.25, 0.3) is 10.0 Å². The molecule has 1 aromatic rings. The lowest BCUT2D eigenvalue weighted by atomic mass is 10.2. The zero-order chi connectivity index (χ0) is 11.1. The molecule has 0 fully saturated rings. The molecule has 0 spiro atoms. The Kier molecular flexibility index (Phi) is 2.26. The fourth-order valence-corrected chi connectivity index (χ4v) is 2.77. The van der Waals surface area contributed by atoms with E-state index >= 15 is 0 Å². The van der Waals surface area contributed by atoms with Crippen LogP contribution in [-0.2, 0) is 10.0 Å². The van der Waals surface area contributed by atoms with Crippen molar-refractivity contribution in [2.45, 2.75) is 11.8 Å². The Bertz CT molecular complexity index is 520. The minimum atomic E-state index is -3.46. The summed E-state index contributed by atoms with van der Waals surface area (Å²) in [6, 6.07) is 6.90. The molecule has 2 rings (SSSR count). The zero-order valence-corrected chi connectivity index (χ0v) is 9.45. The van der Waals surface area contributed by atoms with Crippen LogP contribution in [0.5, 0.6) is 0 Å². The predicted molar refractivity (Wildman–Crippen MR) is 58.5 cm³/mol. The van der Waals surface area contributed by atoms with Crippen LogP contribution < -0.4 is 0 Å². The minimum absolute atomic E-state index is 0.306. The highest BCUT2D eigenvalue weighted by molar-refractivity contribution is 7.90. The third kappa shape index (κ3) is 1.52. The first-order chi connectivity index (χ1) is 7.06. The van der Waals surface area contributed by atoms with Gasteiger partial charge in [0.1, 0.15) is 10.7 Å². The Morgan fingerprint density at radius 3 is 2.67 bits per heavy atom. The summed E-state index contributed by atoms with van der Waals surface area (Å²) >= 11 is 0. The molecule has 0 N–H and O–H groups in total. The first kappa shape index (κ1) is 10.2. The number of benzene rings is 1. The third-order valence-corrected chi connectivity index (χ3v) is 3.77. The minimum Gasteiger partial charge on any atom is -0.359 e. The van der Waals surface area contributed by atoms with Gasteiger partial charge < -0.3 is 4.90 Å². The number of hydrogen-bond acceptors (Lipinski definition) is 3. The monoisotopic (exact) mass is 224 g/mol. The third-order valence-electron chi connectivity index (χ3n) is 2.45. The van der Waals surface area contributed by atoms with E-state index in [0.29, 0.717) is 16.3 Å². The summed E-state index contributed by atoms with van der Waals surface area (Å²) in [6.45, 7) is 2.68. The van der Waals surface area contributed by atoms with Gasteiger partial charge in [-0.1, -0.05) is 12.1 Å². The predicted octanol–water partition coefficient (Wildman–Crippen LogP) is 1.09. The Balaban J connectivity index is 2.63. The summed E-state index contributed by atoms with van der Waals surface area (Å²) in [5.41, 5.74) is 0.696. The lowest BCUT2D eigenvalue weighted by Crippen LogP contribution is -2.25. The van der Waals surface area contributed by atoms with E-state index in [2.05, 4.69) is 4.40 Å². The molecule has 0 unspecified atom stereocenters. The normalized spacial score (nSPS) is 17.1. The van der Waals surface area contributed by atoms with Crippen molar-refractivity contribution >= 4 is 15.9 Å². The van der Waals surface area contributed by atoms with Gasteiger partial charge in [-0.15, -0.1) is 4.40 Å². The van der Waals surface area contributed by atoms with Crippen LogP contribution in [0, 0.1) is 0 Å². The van der Waals surface area contributed by atoms with Crippen LogP contribution in [0.2, 0.25) is 0 Å². The van der Waals surface area contributed by atoms with Crippen molar-refractivity contribution in [2.75, 3.05) is 13.6 Å². The zero-order valence-electron chi connectivity index (χ0n) is 8.64. The summed E-state index contributed by atoms with van der Waals surface area (Å²) < 4.78 is 27.1. The quantitative estimate of drug-likeness (QED) is 0.717. The van der Waals surface area contributed by atoms with Gasteiger partial charge in [-0.3, -0.25) is 0 Å². The van der Waals surface area contributed by atoms with Crippen molar-refractivity contribution in [1.29, 1.82) is 0 Å². The topological polar surface area (TPSA) is 49.7 Å². The van der Waals surface area contributed by atoms with Gasteiger partial charge in [0.2, 0.25) is 0 Å². The Labute approximate surface area is 89.3 Å². The highest BCUT2D eigenvalue weighted by atomic mass is 32.2. The van der Waals surface area contributed by atoms with E-state index in [4.69, 9.17) is 0 Å². The number of amidine groups is 1. The summed E-state index contributed by atoms with van der Waals surface area (Å²) in [5, 5.41) is 0. The lowest BCUT2D eigenvalue weighted by molar-refractivity contribution is 0.537. The van der Waals surface area contributed by atoms with Crippen molar-refractivity contribution in [1.82, 2.24) is 4.90 Å². The molecule has 0 saturated heterocycles. The number of rotatable bonds is 1. The second-order valence-electron chi connectivity index (χ2n) is 3.40. The van der Waals surface area contributed by atoms with Gasteiger partial charge in [0, 0.05) is 19.2 Å². The molecule has 0 atom stereocenters. The van der Waals surface area contributed by atoms with Gasteiger partial charge in [-0.25, -0.2) is 0 Å². The number of fused-ring (bicyclic) bond motifs is 1. The average Bonchev–Trinajstić information content (AvgIpc) is 2.51. The SMILES string of the molecule is CCN(C)C1=NS(=O)(=O)c2ccccc21. The largest absolute Gasteiger partial charge is 0.359 e. The van der Waals surface area contributed by atoms with Crippen molar-refractivity contribution in [3.8, 4) is 0 Å². The highest BCUT2D eigenvalue weighted by Gasteiger charge is 2.29. The Morgan fingerprint density at radius 1 is 1.33 bits per heavy atom. The van der Waals surface area contributed by atoms with Crippen LogP contribution in [-0.4, -0.2) is 32.7 Å². The van der Waals surface area contributed by atoms with Gasteiger partial charge >= 0.3 is 0 Å². The molecule has 1 aliphatic heterocycles. The molecule has 0 radical (unpaired) electrons. The second kappa shape index (κ2) is 3.34. The molecule has 0 aromatic heterocycles. The first-order valence-corrected chi connectivity index (χ1v) is 6.16.